The molecule has 1 saturated carbocycles. The number of aryl methyl sites for hydroxylation is 1. The topological polar surface area (TPSA) is 118 Å². The van der Waals surface area contributed by atoms with E-state index in [-0.39, 0.29) is 24.0 Å². The molecule has 1 aliphatic carbocycles. The van der Waals surface area contributed by atoms with Crippen molar-refractivity contribution in [2.75, 3.05) is 37.7 Å². The molecule has 11 heteroatoms. The fraction of sp³-hybridized carbons (Fsp3) is 0.609. The number of benzene rings is 1. The highest BCUT2D eigenvalue weighted by Crippen LogP contribution is 2.40. The van der Waals surface area contributed by atoms with E-state index >= 15 is 0 Å². The Balaban J connectivity index is 1.30. The molecule has 3 aliphatic rings. The number of fused-ring (bicyclic) bond motifs is 1. The molecule has 2 aromatic rings. The number of nitrogens with one attached hydrogen (secondary N) is 1. The lowest BCUT2D eigenvalue weighted by Gasteiger charge is -2.29. The van der Waals surface area contributed by atoms with Crippen molar-refractivity contribution in [3.05, 3.63) is 29.4 Å². The normalized spacial score (nSPS) is 19.6. The fourth-order valence-corrected chi connectivity index (χ4v) is 5.80. The zero-order chi connectivity index (χ0) is 23.7. The Bertz CT molecular complexity index is 1150. The maximum atomic E-state index is 13.1. The number of hydrogen-bond acceptors (Lipinski definition) is 8. The number of anilines is 1. The van der Waals surface area contributed by atoms with Crippen LogP contribution in [-0.4, -0.2) is 62.2 Å². The maximum Gasteiger partial charge on any atom is 0.265 e. The molecular weight excluding hydrogens is 458 g/mol. The van der Waals surface area contributed by atoms with E-state index in [1.54, 1.807) is 13.0 Å². The number of aromatic nitrogens is 2. The summed E-state index contributed by atoms with van der Waals surface area (Å²) >= 11 is 0. The minimum absolute atomic E-state index is 0.144. The number of rotatable bonds is 8. The van der Waals surface area contributed by atoms with Gasteiger partial charge < -0.3 is 14.2 Å². The first-order valence-corrected chi connectivity index (χ1v) is 13.5. The lowest BCUT2D eigenvalue weighted by atomic mass is 10.1. The van der Waals surface area contributed by atoms with Crippen molar-refractivity contribution in [3.8, 4) is 5.75 Å². The van der Waals surface area contributed by atoms with Gasteiger partial charge in [0.1, 0.15) is 5.75 Å². The van der Waals surface area contributed by atoms with Gasteiger partial charge in [0.15, 0.2) is 12.4 Å². The molecule has 1 aromatic heterocycles. The van der Waals surface area contributed by atoms with Crippen molar-refractivity contribution in [1.82, 2.24) is 19.8 Å². The first kappa shape index (κ1) is 23.3. The second-order valence-corrected chi connectivity index (χ2v) is 11.1. The van der Waals surface area contributed by atoms with E-state index < -0.39 is 10.0 Å². The maximum absolute atomic E-state index is 13.1. The van der Waals surface area contributed by atoms with Crippen molar-refractivity contribution in [2.24, 2.45) is 0 Å². The zero-order valence-electron chi connectivity index (χ0n) is 19.5. The Morgan fingerprint density at radius 1 is 1.15 bits per heavy atom. The van der Waals surface area contributed by atoms with Crippen LogP contribution in [0.3, 0.4) is 0 Å². The second-order valence-electron chi connectivity index (χ2n) is 9.33. The molecule has 0 spiro atoms. The van der Waals surface area contributed by atoms with E-state index in [4.69, 9.17) is 9.26 Å². The average Bonchev–Trinajstić information content (AvgIpc) is 3.60. The van der Waals surface area contributed by atoms with Crippen LogP contribution in [0.15, 0.2) is 21.6 Å². The lowest BCUT2D eigenvalue weighted by molar-refractivity contribution is -0.121. The molecule has 184 valence electrons. The molecule has 0 unspecified atom stereocenters. The number of nitrogens with zero attached hydrogens (tertiary/aromatic N) is 4. The van der Waals surface area contributed by atoms with Gasteiger partial charge in [0.2, 0.25) is 15.9 Å². The standard InChI is InChI=1S/C23H31N5O5S/c1-16-12-18-19(13-20(16)34(30,31)24-8-11-27-9-4-2-3-5-10-27)32-15-22(29)28(18)14-21-25-23(33-26-21)17-6-7-17/h12-13,17,24H,2-11,14-15H2,1H3. The summed E-state index contributed by atoms with van der Waals surface area (Å²) in [6.07, 6.45) is 6.89. The van der Waals surface area contributed by atoms with Crippen LogP contribution in [0.2, 0.25) is 0 Å². The van der Waals surface area contributed by atoms with Crippen LogP contribution in [0, 0.1) is 6.92 Å². The number of amides is 1. The molecule has 2 fully saturated rings. The number of carbonyl (C=O) groups is 1. The molecule has 0 radical (unpaired) electrons. The minimum Gasteiger partial charge on any atom is -0.482 e. The third-order valence-electron chi connectivity index (χ3n) is 6.62. The van der Waals surface area contributed by atoms with Gasteiger partial charge >= 0.3 is 0 Å². The van der Waals surface area contributed by atoms with Crippen molar-refractivity contribution in [2.45, 2.75) is 62.8 Å². The van der Waals surface area contributed by atoms with Gasteiger partial charge in [0.25, 0.3) is 5.91 Å². The fourth-order valence-electron chi connectivity index (χ4n) is 4.54. The summed E-state index contributed by atoms with van der Waals surface area (Å²) < 4.78 is 39.8. The molecule has 34 heavy (non-hydrogen) atoms. The second kappa shape index (κ2) is 9.63. The number of hydrogen-bond donors (Lipinski definition) is 1. The highest BCUT2D eigenvalue weighted by molar-refractivity contribution is 7.89. The summed E-state index contributed by atoms with van der Waals surface area (Å²) in [6, 6.07) is 3.18. The van der Waals surface area contributed by atoms with E-state index in [0.717, 1.165) is 38.8 Å². The van der Waals surface area contributed by atoms with Crippen molar-refractivity contribution in [3.63, 3.8) is 0 Å². The van der Waals surface area contributed by atoms with Gasteiger partial charge in [0.05, 0.1) is 17.1 Å². The highest BCUT2D eigenvalue weighted by Gasteiger charge is 2.32. The van der Waals surface area contributed by atoms with E-state index in [1.165, 1.54) is 23.8 Å². The Labute approximate surface area is 199 Å². The molecule has 0 atom stereocenters. The summed E-state index contributed by atoms with van der Waals surface area (Å²) in [4.78, 5) is 21.0. The highest BCUT2D eigenvalue weighted by atomic mass is 32.2. The van der Waals surface area contributed by atoms with Gasteiger partial charge in [-0.3, -0.25) is 9.69 Å². The van der Waals surface area contributed by atoms with E-state index in [9.17, 15) is 13.2 Å². The Hall–Kier alpha value is -2.50. The SMILES string of the molecule is Cc1cc2c(cc1S(=O)(=O)NCCN1CCCCCC1)OCC(=O)N2Cc1noc(C2CC2)n1. The van der Waals surface area contributed by atoms with Crippen molar-refractivity contribution < 1.29 is 22.5 Å². The Kier molecular flexibility index (Phi) is 6.59. The molecule has 1 aromatic carbocycles. The largest absolute Gasteiger partial charge is 0.482 e. The Morgan fingerprint density at radius 3 is 2.65 bits per heavy atom. The van der Waals surface area contributed by atoms with Gasteiger partial charge in [-0.15, -0.1) is 0 Å². The average molecular weight is 490 g/mol. The van der Waals surface area contributed by atoms with Crippen molar-refractivity contribution in [1.29, 1.82) is 0 Å². The molecule has 0 bridgehead atoms. The first-order chi connectivity index (χ1) is 16.4. The molecule has 1 saturated heterocycles. The van der Waals surface area contributed by atoms with Crippen LogP contribution in [-0.2, 0) is 21.4 Å². The summed E-state index contributed by atoms with van der Waals surface area (Å²) in [7, 11) is -3.72. The molecule has 1 N–H and O–H groups in total. The molecule has 3 heterocycles. The van der Waals surface area contributed by atoms with Gasteiger partial charge in [-0.05, 0) is 57.3 Å². The predicted octanol–water partition coefficient (Wildman–Crippen LogP) is 2.34. The lowest BCUT2D eigenvalue weighted by Crippen LogP contribution is -2.39. The number of sulfonamides is 1. The van der Waals surface area contributed by atoms with Crippen molar-refractivity contribution >= 4 is 21.6 Å². The van der Waals surface area contributed by atoms with Crippen LogP contribution in [0.4, 0.5) is 5.69 Å². The summed E-state index contributed by atoms with van der Waals surface area (Å²) in [6.45, 7) is 4.76. The number of ether oxygens (including phenoxy) is 1. The van der Waals surface area contributed by atoms with Crippen LogP contribution in [0.5, 0.6) is 5.75 Å². The monoisotopic (exact) mass is 489 g/mol. The molecule has 1 amide bonds. The summed E-state index contributed by atoms with van der Waals surface area (Å²) in [5.41, 5.74) is 1.05. The molecular formula is C23H31N5O5S. The van der Waals surface area contributed by atoms with Gasteiger partial charge in [0, 0.05) is 25.1 Å². The number of carbonyl (C=O) groups excluding carboxylic acids is 1. The molecule has 10 nitrogen and oxygen atoms in total. The Morgan fingerprint density at radius 2 is 1.91 bits per heavy atom. The van der Waals surface area contributed by atoms with Crippen LogP contribution in [0.25, 0.3) is 0 Å². The van der Waals surface area contributed by atoms with E-state index in [1.807, 2.05) is 0 Å². The third kappa shape index (κ3) is 5.11. The van der Waals surface area contributed by atoms with E-state index in [0.29, 0.717) is 47.7 Å². The van der Waals surface area contributed by atoms with Gasteiger partial charge in [-0.2, -0.15) is 4.98 Å². The first-order valence-electron chi connectivity index (χ1n) is 12.0. The molecule has 2 aliphatic heterocycles. The minimum atomic E-state index is -3.72. The van der Waals surface area contributed by atoms with E-state index in [2.05, 4.69) is 19.8 Å². The van der Waals surface area contributed by atoms with Gasteiger partial charge in [-0.1, -0.05) is 18.0 Å². The number of likely N-dealkylation sites (tertiary alicyclic amines) is 1. The third-order valence-corrected chi connectivity index (χ3v) is 8.22. The summed E-state index contributed by atoms with van der Waals surface area (Å²) in [5.74, 6) is 1.48. The van der Waals surface area contributed by atoms with Crippen LogP contribution >= 0.6 is 0 Å². The predicted molar refractivity (Wildman–Crippen MR) is 124 cm³/mol. The van der Waals surface area contributed by atoms with Crippen LogP contribution in [0.1, 0.15) is 61.7 Å². The quantitative estimate of drug-likeness (QED) is 0.600. The summed E-state index contributed by atoms with van der Waals surface area (Å²) in [5, 5.41) is 4.01. The smallest absolute Gasteiger partial charge is 0.265 e. The van der Waals surface area contributed by atoms with Crippen LogP contribution < -0.4 is 14.4 Å². The molecule has 5 rings (SSSR count). The zero-order valence-corrected chi connectivity index (χ0v) is 20.3. The van der Waals surface area contributed by atoms with Gasteiger partial charge in [-0.25, -0.2) is 13.1 Å².